The number of rotatable bonds is 10. The van der Waals surface area contributed by atoms with E-state index in [1.807, 2.05) is 54.6 Å². The molecule has 0 spiro atoms. The first-order valence-corrected chi connectivity index (χ1v) is 17.2. The second-order valence-corrected chi connectivity index (χ2v) is 12.5. The second-order valence-electron chi connectivity index (χ2n) is 12.5. The van der Waals surface area contributed by atoms with E-state index < -0.39 is 29.8 Å². The first-order valence-electron chi connectivity index (χ1n) is 17.2. The maximum absolute atomic E-state index is 14.0. The van der Waals surface area contributed by atoms with Crippen molar-refractivity contribution in [1.82, 2.24) is 25.8 Å². The van der Waals surface area contributed by atoms with Crippen LogP contribution in [0, 0.1) is 0 Å². The molecule has 4 amide bonds. The highest BCUT2D eigenvalue weighted by atomic mass is 16.5. The molecular weight excluding hydrogens is 622 g/mol. The van der Waals surface area contributed by atoms with Crippen LogP contribution in [0.15, 0.2) is 78.9 Å². The van der Waals surface area contributed by atoms with Gasteiger partial charge in [0, 0.05) is 39.1 Å². The largest absolute Gasteiger partial charge is 0.491 e. The van der Waals surface area contributed by atoms with E-state index in [0.717, 1.165) is 56.8 Å². The highest BCUT2D eigenvalue weighted by Gasteiger charge is 2.31. The summed E-state index contributed by atoms with van der Waals surface area (Å²) in [7, 11) is 0. The summed E-state index contributed by atoms with van der Waals surface area (Å²) in [6, 6.07) is 22.2. The van der Waals surface area contributed by atoms with E-state index in [4.69, 9.17) is 9.47 Å². The minimum atomic E-state index is -1.20. The second kappa shape index (κ2) is 18.1. The third-order valence-corrected chi connectivity index (χ3v) is 8.77. The number of benzene rings is 3. The molecule has 0 aliphatic carbocycles. The van der Waals surface area contributed by atoms with Crippen molar-refractivity contribution in [1.29, 1.82) is 0 Å². The number of hydrogen-bond donors (Lipinski definition) is 3. The van der Waals surface area contributed by atoms with Crippen LogP contribution in [-0.2, 0) is 38.6 Å². The van der Waals surface area contributed by atoms with E-state index in [1.165, 1.54) is 5.56 Å². The predicted molar refractivity (Wildman–Crippen MR) is 186 cm³/mol. The lowest BCUT2D eigenvalue weighted by Gasteiger charge is -2.29. The number of fused-ring (bicyclic) bond motifs is 1. The van der Waals surface area contributed by atoms with E-state index in [1.54, 1.807) is 29.2 Å². The van der Waals surface area contributed by atoms with Crippen LogP contribution in [0.3, 0.4) is 0 Å². The lowest BCUT2D eigenvalue weighted by molar-refractivity contribution is -0.137. The number of hydrogen-bond acceptors (Lipinski definition) is 7. The molecule has 1 fully saturated rings. The third-order valence-electron chi connectivity index (χ3n) is 8.77. The van der Waals surface area contributed by atoms with E-state index in [-0.39, 0.29) is 44.0 Å². The summed E-state index contributed by atoms with van der Waals surface area (Å²) in [4.78, 5) is 58.8. The van der Waals surface area contributed by atoms with Gasteiger partial charge in [0.05, 0.1) is 31.7 Å². The molecule has 3 N–H and O–H groups in total. The van der Waals surface area contributed by atoms with Crippen molar-refractivity contribution in [3.63, 3.8) is 0 Å². The molecule has 0 bridgehead atoms. The number of morpholine rings is 1. The number of carbonyl (C=O) groups excluding carboxylic acids is 4. The van der Waals surface area contributed by atoms with Crippen molar-refractivity contribution in [2.75, 3.05) is 46.0 Å². The zero-order valence-corrected chi connectivity index (χ0v) is 28.2. The summed E-state index contributed by atoms with van der Waals surface area (Å²) < 4.78 is 11.5. The molecule has 2 heterocycles. The Morgan fingerprint density at radius 3 is 2.31 bits per heavy atom. The fourth-order valence-corrected chi connectivity index (χ4v) is 5.97. The molecule has 5 rings (SSSR count). The van der Waals surface area contributed by atoms with Crippen molar-refractivity contribution in [2.45, 2.75) is 57.8 Å². The van der Waals surface area contributed by atoms with Crippen molar-refractivity contribution >= 4 is 23.6 Å². The lowest BCUT2D eigenvalue weighted by atomic mass is 10.0. The first kappa shape index (κ1) is 35.6. The standard InChI is InChI=1S/C38H47N5O6/c1-2-3-17-43-20-23-49-34-12-8-7-11-31(34)36(45)41-32(25-35(44)40-33(38(43)47)24-28-9-5-4-6-10-28)37(46)39-26-29-13-15-30(16-14-29)27-42-18-21-48-22-19-42/h4-16,32-33H,2-3,17-27H2,1H3,(H,39,46)(H,40,44)(H,41,45)/t32-,33-/m0/s1. The summed E-state index contributed by atoms with van der Waals surface area (Å²) in [5, 5.41) is 8.54. The molecule has 2 atom stereocenters. The molecular formula is C38H47N5O6. The molecule has 11 nitrogen and oxygen atoms in total. The van der Waals surface area contributed by atoms with Gasteiger partial charge < -0.3 is 30.3 Å². The summed E-state index contributed by atoms with van der Waals surface area (Å²) >= 11 is 0. The topological polar surface area (TPSA) is 129 Å². The molecule has 49 heavy (non-hydrogen) atoms. The van der Waals surface area contributed by atoms with Gasteiger partial charge in [0.1, 0.15) is 24.4 Å². The summed E-state index contributed by atoms with van der Waals surface area (Å²) in [5.41, 5.74) is 3.18. The lowest BCUT2D eigenvalue weighted by Crippen LogP contribution is -2.54. The van der Waals surface area contributed by atoms with Gasteiger partial charge in [-0.25, -0.2) is 0 Å². The quantitative estimate of drug-likeness (QED) is 0.303. The summed E-state index contributed by atoms with van der Waals surface area (Å²) in [6.45, 7) is 7.30. The zero-order chi connectivity index (χ0) is 34.4. The van der Waals surface area contributed by atoms with Crippen LogP contribution in [0.5, 0.6) is 5.75 Å². The zero-order valence-electron chi connectivity index (χ0n) is 28.2. The average Bonchev–Trinajstić information content (AvgIpc) is 3.12. The highest BCUT2D eigenvalue weighted by molar-refractivity contribution is 6.01. The van der Waals surface area contributed by atoms with Crippen molar-refractivity contribution in [3.05, 3.63) is 101 Å². The molecule has 0 radical (unpaired) electrons. The Labute approximate surface area is 288 Å². The minimum absolute atomic E-state index is 0.154. The summed E-state index contributed by atoms with van der Waals surface area (Å²) in [6.07, 6.45) is 1.60. The Kier molecular flexibility index (Phi) is 13.2. The van der Waals surface area contributed by atoms with Gasteiger partial charge in [-0.2, -0.15) is 0 Å². The molecule has 260 valence electrons. The van der Waals surface area contributed by atoms with Crippen molar-refractivity contribution < 1.29 is 28.7 Å². The highest BCUT2D eigenvalue weighted by Crippen LogP contribution is 2.19. The predicted octanol–water partition coefficient (Wildman–Crippen LogP) is 3.07. The Morgan fingerprint density at radius 1 is 0.837 bits per heavy atom. The summed E-state index contributed by atoms with van der Waals surface area (Å²) in [5.74, 6) is -1.45. The van der Waals surface area contributed by atoms with Gasteiger partial charge in [0.25, 0.3) is 5.91 Å². The van der Waals surface area contributed by atoms with Crippen LogP contribution in [0.1, 0.15) is 53.2 Å². The van der Waals surface area contributed by atoms with Gasteiger partial charge in [0.2, 0.25) is 17.7 Å². The molecule has 0 saturated carbocycles. The monoisotopic (exact) mass is 669 g/mol. The maximum atomic E-state index is 14.0. The van der Waals surface area contributed by atoms with Crippen LogP contribution in [0.2, 0.25) is 0 Å². The van der Waals surface area contributed by atoms with E-state index in [2.05, 4.69) is 27.8 Å². The SMILES string of the molecule is CCCCN1CCOc2ccccc2C(=O)N[C@H](C(=O)NCc2ccc(CN3CCOCC3)cc2)CC(=O)N[C@@H](Cc2ccccc2)C1=O. The Bertz CT molecular complexity index is 1540. The van der Waals surface area contributed by atoms with Crippen LogP contribution < -0.4 is 20.7 Å². The van der Waals surface area contributed by atoms with Gasteiger partial charge in [-0.1, -0.05) is 80.1 Å². The Hall–Kier alpha value is -4.74. The van der Waals surface area contributed by atoms with Crippen molar-refractivity contribution in [2.24, 2.45) is 0 Å². The molecule has 11 heteroatoms. The average molecular weight is 670 g/mol. The van der Waals surface area contributed by atoms with Crippen LogP contribution in [-0.4, -0.2) is 91.5 Å². The molecule has 2 aliphatic heterocycles. The minimum Gasteiger partial charge on any atom is -0.491 e. The molecule has 1 saturated heterocycles. The van der Waals surface area contributed by atoms with Gasteiger partial charge in [0.15, 0.2) is 0 Å². The molecule has 2 aliphatic rings. The normalized spacial score (nSPS) is 19.5. The number of amides is 4. The van der Waals surface area contributed by atoms with Gasteiger partial charge in [-0.15, -0.1) is 0 Å². The number of nitrogens with zero attached hydrogens (tertiary/aromatic N) is 2. The molecule has 0 aromatic heterocycles. The smallest absolute Gasteiger partial charge is 0.255 e. The Morgan fingerprint density at radius 2 is 1.55 bits per heavy atom. The van der Waals surface area contributed by atoms with Crippen LogP contribution in [0.4, 0.5) is 0 Å². The van der Waals surface area contributed by atoms with Gasteiger partial charge in [-0.05, 0) is 35.2 Å². The third kappa shape index (κ3) is 10.6. The van der Waals surface area contributed by atoms with Crippen LogP contribution >= 0.6 is 0 Å². The Balaban J connectivity index is 1.33. The number of unbranched alkanes of at least 4 members (excludes halogenated alkanes) is 1. The number of ether oxygens (including phenoxy) is 2. The fourth-order valence-electron chi connectivity index (χ4n) is 5.97. The van der Waals surface area contributed by atoms with Crippen LogP contribution in [0.25, 0.3) is 0 Å². The fraction of sp³-hybridized carbons (Fsp3) is 0.421. The van der Waals surface area contributed by atoms with E-state index in [9.17, 15) is 19.2 Å². The molecule has 0 unspecified atom stereocenters. The van der Waals surface area contributed by atoms with E-state index >= 15 is 0 Å². The number of para-hydroxylation sites is 1. The van der Waals surface area contributed by atoms with Gasteiger partial charge in [-0.3, -0.25) is 24.1 Å². The molecule has 3 aromatic rings. The maximum Gasteiger partial charge on any atom is 0.255 e. The van der Waals surface area contributed by atoms with Crippen molar-refractivity contribution in [3.8, 4) is 5.75 Å². The van der Waals surface area contributed by atoms with E-state index in [0.29, 0.717) is 12.3 Å². The number of nitrogens with one attached hydrogen (secondary N) is 3. The number of carbonyl (C=O) groups is 4. The first-order chi connectivity index (χ1) is 23.9. The molecule has 3 aromatic carbocycles. The van der Waals surface area contributed by atoms with Gasteiger partial charge >= 0.3 is 0 Å².